The zero-order chi connectivity index (χ0) is 22.9. The Bertz CT molecular complexity index is 1120. The van der Waals surface area contributed by atoms with Gasteiger partial charge in [-0.3, -0.25) is 4.57 Å². The summed E-state index contributed by atoms with van der Waals surface area (Å²) in [6.07, 6.45) is 6.82. The quantitative estimate of drug-likeness (QED) is 0.435. The maximum Gasteiger partial charge on any atom is 0.359 e. The van der Waals surface area contributed by atoms with Gasteiger partial charge >= 0.3 is 7.60 Å². The van der Waals surface area contributed by atoms with Crippen molar-refractivity contribution in [1.82, 2.24) is 19.5 Å². The van der Waals surface area contributed by atoms with Crippen molar-refractivity contribution in [2.24, 2.45) is 0 Å². The molecule has 1 aromatic carbocycles. The monoisotopic (exact) mass is 457 g/mol. The highest BCUT2D eigenvalue weighted by Gasteiger charge is 2.26. The van der Waals surface area contributed by atoms with E-state index in [0.717, 1.165) is 35.5 Å². The molecule has 3 aromatic rings. The average Bonchev–Trinajstić information content (AvgIpc) is 3.44. The summed E-state index contributed by atoms with van der Waals surface area (Å²) in [4.78, 5) is 24.6. The number of nitrogens with zero attached hydrogens (tertiary/aromatic N) is 4. The number of hydrogen-bond donors (Lipinski definition) is 2. The molecule has 0 radical (unpaired) electrons. The number of anilines is 2. The molecule has 2 N–H and O–H groups in total. The van der Waals surface area contributed by atoms with E-state index in [0.29, 0.717) is 18.2 Å². The highest BCUT2D eigenvalue weighted by Crippen LogP contribution is 2.43. The van der Waals surface area contributed by atoms with Crippen molar-refractivity contribution < 1.29 is 14.0 Å². The second-order valence-electron chi connectivity index (χ2n) is 8.85. The number of fused-ring (bicyclic) bond motifs is 1. The number of hydrogen-bond acceptors (Lipinski definition) is 6. The molecule has 0 aliphatic heterocycles. The van der Waals surface area contributed by atoms with Gasteiger partial charge in [0, 0.05) is 17.6 Å². The Morgan fingerprint density at radius 1 is 1.19 bits per heavy atom. The van der Waals surface area contributed by atoms with E-state index in [1.807, 2.05) is 13.3 Å². The zero-order valence-electron chi connectivity index (χ0n) is 19.2. The third-order valence-corrected chi connectivity index (χ3v) is 7.67. The van der Waals surface area contributed by atoms with E-state index in [9.17, 15) is 9.46 Å². The molecule has 8 nitrogen and oxygen atoms in total. The average molecular weight is 458 g/mol. The van der Waals surface area contributed by atoms with Gasteiger partial charge in [0.1, 0.15) is 5.82 Å². The van der Waals surface area contributed by atoms with Gasteiger partial charge in [-0.05, 0) is 64.3 Å². The highest BCUT2D eigenvalue weighted by atomic mass is 31.2. The van der Waals surface area contributed by atoms with Crippen molar-refractivity contribution >= 4 is 35.6 Å². The fourth-order valence-corrected chi connectivity index (χ4v) is 5.30. The predicted molar refractivity (Wildman–Crippen MR) is 127 cm³/mol. The third kappa shape index (κ3) is 4.72. The molecule has 2 heterocycles. The lowest BCUT2D eigenvalue weighted by molar-refractivity contribution is 0.192. The topological polar surface area (TPSA) is 102 Å². The van der Waals surface area contributed by atoms with Gasteiger partial charge in [-0.1, -0.05) is 19.8 Å². The first-order valence-corrected chi connectivity index (χ1v) is 13.0. The molecule has 9 heteroatoms. The van der Waals surface area contributed by atoms with Crippen LogP contribution in [0.3, 0.4) is 0 Å². The number of aromatic nitrogens is 4. The Morgan fingerprint density at radius 2 is 1.88 bits per heavy atom. The van der Waals surface area contributed by atoms with Gasteiger partial charge in [0.2, 0.25) is 0 Å². The van der Waals surface area contributed by atoms with Crippen LogP contribution in [0.1, 0.15) is 77.6 Å². The molecule has 4 rings (SSSR count). The molecule has 1 fully saturated rings. The van der Waals surface area contributed by atoms with Crippen LogP contribution in [0.15, 0.2) is 30.6 Å². The second kappa shape index (κ2) is 9.30. The van der Waals surface area contributed by atoms with Crippen LogP contribution in [0, 0.1) is 0 Å². The summed E-state index contributed by atoms with van der Waals surface area (Å²) in [5, 5.41) is 3.62. The van der Waals surface area contributed by atoms with Gasteiger partial charge in [0.15, 0.2) is 17.0 Å². The van der Waals surface area contributed by atoms with Gasteiger partial charge < -0.3 is 19.3 Å². The zero-order valence-corrected chi connectivity index (χ0v) is 20.0. The Hall–Kier alpha value is -2.28. The lowest BCUT2D eigenvalue weighted by Gasteiger charge is -2.17. The van der Waals surface area contributed by atoms with Crippen LogP contribution in [0.4, 0.5) is 11.5 Å². The van der Waals surface area contributed by atoms with E-state index in [1.165, 1.54) is 12.8 Å². The summed E-state index contributed by atoms with van der Waals surface area (Å²) in [7, 11) is -3.86. The summed E-state index contributed by atoms with van der Waals surface area (Å²) in [6.45, 7) is 7.93. The number of imidazole rings is 1. The van der Waals surface area contributed by atoms with Crippen LogP contribution < -0.4 is 10.6 Å². The molecule has 1 aliphatic rings. The van der Waals surface area contributed by atoms with E-state index >= 15 is 0 Å². The largest absolute Gasteiger partial charge is 0.359 e. The molecule has 0 spiro atoms. The fourth-order valence-electron chi connectivity index (χ4n) is 4.01. The van der Waals surface area contributed by atoms with Crippen molar-refractivity contribution in [3.63, 3.8) is 0 Å². The van der Waals surface area contributed by atoms with E-state index in [4.69, 9.17) is 14.5 Å². The summed E-state index contributed by atoms with van der Waals surface area (Å²) < 4.78 is 20.0. The minimum Gasteiger partial charge on any atom is -0.338 e. The molecule has 2 unspecified atom stereocenters. The van der Waals surface area contributed by atoms with E-state index in [-0.39, 0.29) is 17.5 Å². The minimum atomic E-state index is -3.86. The van der Waals surface area contributed by atoms with Gasteiger partial charge in [-0.15, -0.1) is 0 Å². The molecular formula is C23H32N5O3P. The maximum absolute atomic E-state index is 12.6. The van der Waals surface area contributed by atoms with Crippen molar-refractivity contribution in [1.29, 1.82) is 0 Å². The van der Waals surface area contributed by atoms with Crippen LogP contribution in [0.5, 0.6) is 0 Å². The first-order chi connectivity index (χ1) is 15.3. The molecule has 0 saturated heterocycles. The number of nitrogens with one attached hydrogen (secondary N) is 1. The molecule has 0 bridgehead atoms. The van der Waals surface area contributed by atoms with Crippen molar-refractivity contribution in [2.75, 3.05) is 5.32 Å². The van der Waals surface area contributed by atoms with Crippen molar-refractivity contribution in [3.8, 4) is 0 Å². The van der Waals surface area contributed by atoms with Gasteiger partial charge in [0.25, 0.3) is 0 Å². The number of benzene rings is 1. The number of rotatable bonds is 8. The Balaban J connectivity index is 1.65. The Kier molecular flexibility index (Phi) is 6.65. The molecule has 1 aliphatic carbocycles. The minimum absolute atomic E-state index is 0.239. The lowest BCUT2D eigenvalue weighted by atomic mass is 10.1. The maximum atomic E-state index is 12.6. The summed E-state index contributed by atoms with van der Waals surface area (Å²) in [5.41, 5.74) is 2.31. The first-order valence-electron chi connectivity index (χ1n) is 11.4. The third-order valence-electron chi connectivity index (χ3n) is 6.07. The van der Waals surface area contributed by atoms with Crippen molar-refractivity contribution in [2.45, 2.75) is 77.9 Å². The Morgan fingerprint density at radius 3 is 2.50 bits per heavy atom. The van der Waals surface area contributed by atoms with E-state index < -0.39 is 7.60 Å². The molecule has 2 atom stereocenters. The molecule has 0 amide bonds. The lowest BCUT2D eigenvalue weighted by Crippen LogP contribution is -2.13. The van der Waals surface area contributed by atoms with Crippen LogP contribution in [-0.2, 0) is 9.09 Å². The molecule has 32 heavy (non-hydrogen) atoms. The normalized spacial score (nSPS) is 17.7. The standard InChI is InChI=1S/C23H32N5O3P/c1-5-16(4)31-32(29,30)19-12-10-18(11-13-19)25-22-20-23(28(14-24-20)15(2)3)27-21(26-22)17-8-6-7-9-17/h10-17H,5-9H2,1-4H3,(H,29,30)(H,25,26,27). The molecular weight excluding hydrogens is 425 g/mol. The smallest absolute Gasteiger partial charge is 0.338 e. The van der Waals surface area contributed by atoms with Crippen molar-refractivity contribution in [3.05, 3.63) is 36.4 Å². The van der Waals surface area contributed by atoms with Crippen LogP contribution >= 0.6 is 7.60 Å². The second-order valence-corrected chi connectivity index (χ2v) is 10.6. The van der Waals surface area contributed by atoms with Gasteiger partial charge in [-0.25, -0.2) is 15.0 Å². The highest BCUT2D eigenvalue weighted by molar-refractivity contribution is 7.61. The van der Waals surface area contributed by atoms with Crippen LogP contribution in [-0.4, -0.2) is 30.5 Å². The molecule has 2 aromatic heterocycles. The van der Waals surface area contributed by atoms with Crippen LogP contribution in [0.25, 0.3) is 11.2 Å². The van der Waals surface area contributed by atoms with E-state index in [2.05, 4.69) is 28.7 Å². The van der Waals surface area contributed by atoms with E-state index in [1.54, 1.807) is 31.2 Å². The van der Waals surface area contributed by atoms with Gasteiger partial charge in [-0.2, -0.15) is 0 Å². The molecule has 172 valence electrons. The SMILES string of the molecule is CCC(C)OP(=O)(O)c1ccc(Nc2nc(C3CCCC3)nc3c2ncn3C(C)C)cc1. The first kappa shape index (κ1) is 22.9. The summed E-state index contributed by atoms with van der Waals surface area (Å²) in [5.74, 6) is 1.89. The summed E-state index contributed by atoms with van der Waals surface area (Å²) >= 11 is 0. The Labute approximate surface area is 189 Å². The molecule has 1 saturated carbocycles. The fraction of sp³-hybridized carbons (Fsp3) is 0.522. The summed E-state index contributed by atoms with van der Waals surface area (Å²) in [6, 6.07) is 7.01. The predicted octanol–water partition coefficient (Wildman–Crippen LogP) is 5.43. The van der Waals surface area contributed by atoms with Crippen LogP contribution in [0.2, 0.25) is 0 Å². The van der Waals surface area contributed by atoms with Gasteiger partial charge in [0.05, 0.1) is 17.7 Å².